The Balaban J connectivity index is 1.86. The van der Waals surface area contributed by atoms with Crippen molar-refractivity contribution < 1.29 is 22.7 Å². The van der Waals surface area contributed by atoms with Crippen molar-refractivity contribution in [2.75, 3.05) is 18.4 Å². The molecule has 0 radical (unpaired) electrons. The molecular weight excluding hydrogens is 386 g/mol. The van der Waals surface area contributed by atoms with E-state index in [1.165, 1.54) is 4.90 Å². The van der Waals surface area contributed by atoms with Gasteiger partial charge in [0.2, 0.25) is 15.9 Å². The van der Waals surface area contributed by atoms with Gasteiger partial charge >= 0.3 is 6.09 Å². The lowest BCUT2D eigenvalue weighted by atomic mass is 10.1. The van der Waals surface area contributed by atoms with E-state index in [0.717, 1.165) is 0 Å². The van der Waals surface area contributed by atoms with Crippen LogP contribution in [0.15, 0.2) is 6.07 Å². The van der Waals surface area contributed by atoms with Gasteiger partial charge in [-0.1, -0.05) is 0 Å². The van der Waals surface area contributed by atoms with Gasteiger partial charge in [0.15, 0.2) is 5.82 Å². The lowest BCUT2D eigenvalue weighted by molar-refractivity contribution is -0.119. The summed E-state index contributed by atoms with van der Waals surface area (Å²) >= 11 is 0. The van der Waals surface area contributed by atoms with Crippen molar-refractivity contribution in [2.45, 2.75) is 58.4 Å². The molecule has 3 N–H and O–H groups in total. The summed E-state index contributed by atoms with van der Waals surface area (Å²) in [7, 11) is -3.39. The molecule has 1 saturated heterocycles. The maximum Gasteiger partial charge on any atom is 0.410 e. The fourth-order valence-electron chi connectivity index (χ4n) is 2.56. The van der Waals surface area contributed by atoms with Gasteiger partial charge in [-0.2, -0.15) is 5.10 Å². The Morgan fingerprint density at radius 1 is 1.39 bits per heavy atom. The zero-order valence-corrected chi connectivity index (χ0v) is 17.7. The van der Waals surface area contributed by atoms with Crippen LogP contribution in [0.2, 0.25) is 0 Å². The van der Waals surface area contributed by atoms with E-state index in [2.05, 4.69) is 20.2 Å². The summed E-state index contributed by atoms with van der Waals surface area (Å²) in [6.45, 7) is 9.35. The minimum absolute atomic E-state index is 0.0548. The number of aromatic nitrogens is 2. The highest BCUT2D eigenvalue weighted by molar-refractivity contribution is 7.90. The van der Waals surface area contributed by atoms with Crippen LogP contribution in [0.25, 0.3) is 0 Å². The van der Waals surface area contributed by atoms with Crippen molar-refractivity contribution >= 4 is 27.8 Å². The number of carbonyl (C=O) groups excluding carboxylic acids is 2. The Morgan fingerprint density at radius 2 is 2.07 bits per heavy atom. The number of likely N-dealkylation sites (tertiary alicyclic amines) is 1. The Labute approximate surface area is 165 Å². The number of carbonyl (C=O) groups is 2. The first-order valence-corrected chi connectivity index (χ1v) is 10.7. The molecule has 28 heavy (non-hydrogen) atoms. The molecule has 0 unspecified atom stereocenters. The summed E-state index contributed by atoms with van der Waals surface area (Å²) in [6.07, 6.45) is 0.110. The molecule has 1 atom stereocenters. The second-order valence-electron chi connectivity index (χ2n) is 8.09. The fourth-order valence-corrected chi connectivity index (χ4v) is 3.25. The zero-order chi connectivity index (χ0) is 21.1. The monoisotopic (exact) mass is 415 g/mol. The van der Waals surface area contributed by atoms with E-state index < -0.39 is 27.0 Å². The molecule has 1 fully saturated rings. The second-order valence-corrected chi connectivity index (χ2v) is 10.4. The van der Waals surface area contributed by atoms with Crippen molar-refractivity contribution in [3.63, 3.8) is 0 Å². The molecule has 0 aromatic carbocycles. The molecule has 2 heterocycles. The molecule has 1 aromatic rings. The van der Waals surface area contributed by atoms with Crippen LogP contribution >= 0.6 is 0 Å². The zero-order valence-electron chi connectivity index (χ0n) is 16.9. The quantitative estimate of drug-likeness (QED) is 0.644. The molecule has 0 aliphatic carbocycles. The van der Waals surface area contributed by atoms with E-state index in [1.54, 1.807) is 40.7 Å². The largest absolute Gasteiger partial charge is 0.444 e. The number of sulfonamides is 1. The number of hydrogen-bond acceptors (Lipinski definition) is 6. The topological polar surface area (TPSA) is 133 Å². The molecule has 1 aromatic heterocycles. The third-order valence-corrected chi connectivity index (χ3v) is 5.97. The van der Waals surface area contributed by atoms with Gasteiger partial charge in [0, 0.05) is 19.2 Å². The number of rotatable bonds is 6. The van der Waals surface area contributed by atoms with E-state index in [1.807, 2.05) is 0 Å². The van der Waals surface area contributed by atoms with Gasteiger partial charge in [0.1, 0.15) is 5.60 Å². The number of nitrogens with one attached hydrogen (secondary N) is 3. The van der Waals surface area contributed by atoms with E-state index >= 15 is 0 Å². The van der Waals surface area contributed by atoms with Crippen molar-refractivity contribution in [3.05, 3.63) is 11.8 Å². The van der Waals surface area contributed by atoms with Crippen LogP contribution in [0.1, 0.15) is 46.7 Å². The molecule has 2 rings (SSSR count). The third kappa shape index (κ3) is 6.20. The highest BCUT2D eigenvalue weighted by Gasteiger charge is 2.33. The maximum absolute atomic E-state index is 12.4. The first kappa shape index (κ1) is 22.2. The molecule has 0 spiro atoms. The number of aromatic amines is 1. The van der Waals surface area contributed by atoms with Crippen LogP contribution in [0.4, 0.5) is 10.6 Å². The van der Waals surface area contributed by atoms with Crippen molar-refractivity contribution in [2.24, 2.45) is 5.92 Å². The number of nitrogens with zero attached hydrogens (tertiary/aromatic N) is 2. The first-order valence-electron chi connectivity index (χ1n) is 9.19. The maximum atomic E-state index is 12.4. The van der Waals surface area contributed by atoms with Crippen LogP contribution < -0.4 is 10.0 Å². The summed E-state index contributed by atoms with van der Waals surface area (Å²) in [5, 5.41) is 8.83. The Kier molecular flexibility index (Phi) is 6.71. The van der Waals surface area contributed by atoms with E-state index in [-0.39, 0.29) is 24.9 Å². The first-order chi connectivity index (χ1) is 12.9. The lowest BCUT2D eigenvalue weighted by Gasteiger charge is -2.24. The van der Waals surface area contributed by atoms with Crippen LogP contribution in [0, 0.1) is 5.92 Å². The van der Waals surface area contributed by atoms with Gasteiger partial charge in [-0.3, -0.25) is 9.89 Å². The molecule has 1 aliphatic rings. The minimum Gasteiger partial charge on any atom is -0.444 e. The third-order valence-electron chi connectivity index (χ3n) is 4.18. The predicted molar refractivity (Wildman–Crippen MR) is 104 cm³/mol. The summed E-state index contributed by atoms with van der Waals surface area (Å²) in [5.41, 5.74) is -0.0544. The van der Waals surface area contributed by atoms with Crippen LogP contribution in [-0.2, 0) is 26.1 Å². The summed E-state index contributed by atoms with van der Waals surface area (Å²) < 4.78 is 31.3. The van der Waals surface area contributed by atoms with Gasteiger partial charge in [0.25, 0.3) is 0 Å². The molecular formula is C17H29N5O5S. The number of H-pyrrole nitrogens is 1. The summed E-state index contributed by atoms with van der Waals surface area (Å²) in [5.74, 6) is -0.293. The average Bonchev–Trinajstić information content (AvgIpc) is 3.20. The number of ether oxygens (including phenoxy) is 1. The van der Waals surface area contributed by atoms with E-state index in [0.29, 0.717) is 24.5 Å². The number of hydrogen-bond donors (Lipinski definition) is 3. The number of anilines is 1. The summed E-state index contributed by atoms with van der Waals surface area (Å²) in [4.78, 5) is 26.0. The highest BCUT2D eigenvalue weighted by atomic mass is 32.2. The average molecular weight is 416 g/mol. The van der Waals surface area contributed by atoms with Crippen molar-refractivity contribution in [3.8, 4) is 0 Å². The van der Waals surface area contributed by atoms with Gasteiger partial charge in [-0.15, -0.1) is 0 Å². The van der Waals surface area contributed by atoms with Gasteiger partial charge in [-0.05, 0) is 41.0 Å². The smallest absolute Gasteiger partial charge is 0.410 e. The normalized spacial score (nSPS) is 17.8. The second kappa shape index (κ2) is 8.48. The van der Waals surface area contributed by atoms with E-state index in [4.69, 9.17) is 4.74 Å². The summed E-state index contributed by atoms with van der Waals surface area (Å²) in [6, 6.07) is 1.57. The van der Waals surface area contributed by atoms with Crippen molar-refractivity contribution in [1.82, 2.24) is 19.8 Å². The lowest BCUT2D eigenvalue weighted by Crippen LogP contribution is -2.36. The molecule has 1 aliphatic heterocycles. The Bertz CT molecular complexity index is 812. The molecule has 11 heteroatoms. The van der Waals surface area contributed by atoms with Crippen molar-refractivity contribution in [1.29, 1.82) is 0 Å². The Hall–Kier alpha value is -2.14. The highest BCUT2D eigenvalue weighted by Crippen LogP contribution is 2.21. The van der Waals surface area contributed by atoms with Gasteiger partial charge < -0.3 is 15.0 Å². The molecule has 10 nitrogen and oxygen atoms in total. The van der Waals surface area contributed by atoms with Crippen LogP contribution in [0.3, 0.4) is 0 Å². The molecule has 0 saturated carbocycles. The fraction of sp³-hybridized carbons (Fsp3) is 0.706. The van der Waals surface area contributed by atoms with Gasteiger partial charge in [-0.25, -0.2) is 17.9 Å². The van der Waals surface area contributed by atoms with Gasteiger partial charge in [0.05, 0.1) is 23.4 Å². The van der Waals surface area contributed by atoms with E-state index in [9.17, 15) is 18.0 Å². The standard InChI is InChI=1S/C17H29N5O5S/c1-11(2)28(25,26)18-9-13-8-14(21-20-13)19-15(23)12-6-7-22(10-12)16(24)27-17(3,4)5/h8,11-12,18H,6-7,9-10H2,1-5H3,(H2,19,20,21,23)/t12-/m0/s1. The molecule has 2 amide bonds. The predicted octanol–water partition coefficient (Wildman–Crippen LogP) is 1.43. The molecule has 158 valence electrons. The minimum atomic E-state index is -3.39. The van der Waals surface area contributed by atoms with Crippen LogP contribution in [0.5, 0.6) is 0 Å². The Morgan fingerprint density at radius 3 is 2.68 bits per heavy atom. The van der Waals surface area contributed by atoms with Crippen LogP contribution in [-0.4, -0.2) is 59.5 Å². The number of amides is 2. The SMILES string of the molecule is CC(C)S(=O)(=O)NCc1cc(NC(=O)[C@H]2CCN(C(=O)OC(C)(C)C)C2)n[nH]1. The molecule has 0 bridgehead atoms.